The molecule has 1 amide bonds. The molecule has 1 aliphatic heterocycles. The summed E-state index contributed by atoms with van der Waals surface area (Å²) in [7, 11) is 0. The number of carbonyl (C=O) groups is 1. The zero-order valence-corrected chi connectivity index (χ0v) is 20.3. The number of alkyl halides is 3. The van der Waals surface area contributed by atoms with Gasteiger partial charge in [-0.25, -0.2) is 0 Å². The fraction of sp³-hybridized carbons (Fsp3) is 0.276. The van der Waals surface area contributed by atoms with Crippen molar-refractivity contribution in [3.63, 3.8) is 0 Å². The van der Waals surface area contributed by atoms with E-state index in [1.54, 1.807) is 30.5 Å². The van der Waals surface area contributed by atoms with Crippen molar-refractivity contribution >= 4 is 16.9 Å². The number of ether oxygens (including phenoxy) is 2. The number of fused-ring (bicyclic) bond motifs is 1. The molecule has 5 rings (SSSR count). The van der Waals surface area contributed by atoms with Crippen molar-refractivity contribution in [1.82, 2.24) is 4.90 Å². The molecule has 0 radical (unpaired) electrons. The largest absolute Gasteiger partial charge is 0.573 e. The van der Waals surface area contributed by atoms with E-state index in [1.807, 2.05) is 36.1 Å². The van der Waals surface area contributed by atoms with Crippen molar-refractivity contribution in [3.05, 3.63) is 89.7 Å². The van der Waals surface area contributed by atoms with Crippen LogP contribution in [0.4, 0.5) is 13.2 Å². The summed E-state index contributed by atoms with van der Waals surface area (Å²) in [6.45, 7) is 3.92. The molecule has 3 aromatic carbocycles. The molecule has 1 aliphatic rings. The minimum absolute atomic E-state index is 0.0895. The predicted octanol–water partition coefficient (Wildman–Crippen LogP) is 6.64. The average molecular weight is 510 g/mol. The van der Waals surface area contributed by atoms with Crippen molar-refractivity contribution in [2.45, 2.75) is 19.7 Å². The van der Waals surface area contributed by atoms with Gasteiger partial charge in [0.2, 0.25) is 0 Å². The zero-order chi connectivity index (χ0) is 26.0. The highest BCUT2D eigenvalue weighted by atomic mass is 19.4. The third-order valence-electron chi connectivity index (χ3n) is 6.63. The molecule has 4 aromatic rings. The Bertz CT molecular complexity index is 1390. The van der Waals surface area contributed by atoms with Gasteiger partial charge in [0, 0.05) is 30.0 Å². The van der Waals surface area contributed by atoms with Crippen molar-refractivity contribution in [2.24, 2.45) is 5.92 Å². The minimum Gasteiger partial charge on any atom is -0.464 e. The zero-order valence-electron chi connectivity index (χ0n) is 20.3. The van der Waals surface area contributed by atoms with E-state index in [0.717, 1.165) is 34.1 Å². The van der Waals surface area contributed by atoms with Gasteiger partial charge in [-0.1, -0.05) is 36.4 Å². The summed E-state index contributed by atoms with van der Waals surface area (Å²) in [5.41, 5.74) is 4.77. The minimum atomic E-state index is -4.75. The van der Waals surface area contributed by atoms with Gasteiger partial charge in [-0.2, -0.15) is 0 Å². The van der Waals surface area contributed by atoms with Crippen LogP contribution in [0.3, 0.4) is 0 Å². The van der Waals surface area contributed by atoms with Crippen LogP contribution in [0.25, 0.3) is 22.1 Å². The second-order valence-corrected chi connectivity index (χ2v) is 9.24. The van der Waals surface area contributed by atoms with Crippen LogP contribution < -0.4 is 4.74 Å². The number of carbonyl (C=O) groups excluding carboxylic acids is 1. The summed E-state index contributed by atoms with van der Waals surface area (Å²) in [6.07, 6.45) is -2.32. The van der Waals surface area contributed by atoms with E-state index in [0.29, 0.717) is 37.4 Å². The molecule has 0 spiro atoms. The molecule has 192 valence electrons. The molecule has 1 atom stereocenters. The number of nitrogens with zero attached hydrogens (tertiary/aromatic N) is 1. The van der Waals surface area contributed by atoms with Crippen molar-refractivity contribution in [1.29, 1.82) is 0 Å². The molecule has 0 saturated carbocycles. The summed E-state index contributed by atoms with van der Waals surface area (Å²) >= 11 is 0. The molecule has 0 unspecified atom stereocenters. The van der Waals surface area contributed by atoms with Crippen LogP contribution >= 0.6 is 0 Å². The summed E-state index contributed by atoms with van der Waals surface area (Å²) < 4.78 is 52.8. The van der Waals surface area contributed by atoms with E-state index in [4.69, 9.17) is 9.15 Å². The van der Waals surface area contributed by atoms with E-state index >= 15 is 0 Å². The van der Waals surface area contributed by atoms with Gasteiger partial charge < -0.3 is 18.8 Å². The molecule has 1 fully saturated rings. The average Bonchev–Trinajstić information content (AvgIpc) is 3.20. The van der Waals surface area contributed by atoms with Crippen LogP contribution in [-0.2, 0) is 11.2 Å². The number of amides is 1. The molecule has 0 aliphatic carbocycles. The first-order valence-corrected chi connectivity index (χ1v) is 12.1. The standard InChI is InChI=1S/C29H26F3NO4/c1-19-25(22-7-9-24(10-8-22)37-29(30,31)32)3-2-4-26(19)28(34)33-12-14-35-18-21(17-33)15-20-5-6-23-11-13-36-27(23)16-20/h2-11,13,16,21H,12,14-15,17-18H2,1H3/t21-/m0/s1. The van der Waals surface area contributed by atoms with Gasteiger partial charge in [-0.3, -0.25) is 4.79 Å². The highest BCUT2D eigenvalue weighted by molar-refractivity contribution is 5.97. The fourth-order valence-electron chi connectivity index (χ4n) is 4.83. The van der Waals surface area contributed by atoms with Crippen LogP contribution in [0.2, 0.25) is 0 Å². The lowest BCUT2D eigenvalue weighted by atomic mass is 9.95. The highest BCUT2D eigenvalue weighted by Crippen LogP contribution is 2.30. The molecule has 1 aromatic heterocycles. The smallest absolute Gasteiger partial charge is 0.464 e. The maximum absolute atomic E-state index is 13.6. The van der Waals surface area contributed by atoms with E-state index in [1.165, 1.54) is 12.1 Å². The summed E-state index contributed by atoms with van der Waals surface area (Å²) in [4.78, 5) is 15.4. The van der Waals surface area contributed by atoms with Gasteiger partial charge >= 0.3 is 6.36 Å². The number of rotatable bonds is 5. The van der Waals surface area contributed by atoms with Crippen LogP contribution in [0, 0.1) is 12.8 Å². The van der Waals surface area contributed by atoms with Crippen LogP contribution in [-0.4, -0.2) is 43.5 Å². The highest BCUT2D eigenvalue weighted by Gasteiger charge is 2.31. The van der Waals surface area contributed by atoms with Gasteiger partial charge in [0.15, 0.2) is 0 Å². The maximum Gasteiger partial charge on any atom is 0.573 e. The van der Waals surface area contributed by atoms with Crippen LogP contribution in [0.1, 0.15) is 21.5 Å². The monoisotopic (exact) mass is 509 g/mol. The Morgan fingerprint density at radius 3 is 2.68 bits per heavy atom. The lowest BCUT2D eigenvalue weighted by molar-refractivity contribution is -0.274. The van der Waals surface area contributed by atoms with Crippen LogP contribution in [0.15, 0.2) is 77.4 Å². The van der Waals surface area contributed by atoms with Gasteiger partial charge in [0.05, 0.1) is 19.5 Å². The van der Waals surface area contributed by atoms with Crippen LogP contribution in [0.5, 0.6) is 5.75 Å². The Hall–Kier alpha value is -3.78. The lowest BCUT2D eigenvalue weighted by Crippen LogP contribution is -2.36. The van der Waals surface area contributed by atoms with E-state index < -0.39 is 6.36 Å². The number of halogens is 3. The van der Waals surface area contributed by atoms with Crippen molar-refractivity contribution in [3.8, 4) is 16.9 Å². The molecule has 2 heterocycles. The molecule has 8 heteroatoms. The molecule has 0 bridgehead atoms. The quantitative estimate of drug-likeness (QED) is 0.303. The first-order chi connectivity index (χ1) is 17.8. The Balaban J connectivity index is 1.33. The molecule has 5 nitrogen and oxygen atoms in total. The first kappa shape index (κ1) is 24.9. The molecule has 0 N–H and O–H groups in total. The Morgan fingerprint density at radius 1 is 1.08 bits per heavy atom. The summed E-state index contributed by atoms with van der Waals surface area (Å²) in [6, 6.07) is 19.2. The number of hydrogen-bond acceptors (Lipinski definition) is 4. The number of benzene rings is 3. The molecular formula is C29H26F3NO4. The van der Waals surface area contributed by atoms with E-state index in [-0.39, 0.29) is 17.6 Å². The first-order valence-electron chi connectivity index (χ1n) is 12.1. The van der Waals surface area contributed by atoms with Crippen molar-refractivity contribution < 1.29 is 31.9 Å². The summed E-state index contributed by atoms with van der Waals surface area (Å²) in [5, 5.41) is 1.05. The van der Waals surface area contributed by atoms with Gasteiger partial charge in [-0.05, 0) is 65.9 Å². The predicted molar refractivity (Wildman–Crippen MR) is 133 cm³/mol. The molecule has 37 heavy (non-hydrogen) atoms. The number of hydrogen-bond donors (Lipinski definition) is 0. The summed E-state index contributed by atoms with van der Waals surface area (Å²) in [5.74, 6) is -0.250. The Labute approximate surface area is 212 Å². The molecular weight excluding hydrogens is 483 g/mol. The second kappa shape index (κ2) is 10.3. The Kier molecular flexibility index (Phi) is 6.93. The van der Waals surface area contributed by atoms with Gasteiger partial charge in [-0.15, -0.1) is 13.2 Å². The lowest BCUT2D eigenvalue weighted by Gasteiger charge is -2.25. The van der Waals surface area contributed by atoms with Gasteiger partial charge in [0.25, 0.3) is 5.91 Å². The topological polar surface area (TPSA) is 51.9 Å². The van der Waals surface area contributed by atoms with E-state index in [2.05, 4.69) is 10.8 Å². The third-order valence-corrected chi connectivity index (χ3v) is 6.63. The normalized spacial score (nSPS) is 16.5. The Morgan fingerprint density at radius 2 is 1.89 bits per heavy atom. The fourth-order valence-corrected chi connectivity index (χ4v) is 4.83. The van der Waals surface area contributed by atoms with Gasteiger partial charge in [0.1, 0.15) is 11.3 Å². The number of furan rings is 1. The van der Waals surface area contributed by atoms with E-state index in [9.17, 15) is 18.0 Å². The second-order valence-electron chi connectivity index (χ2n) is 9.24. The molecule has 1 saturated heterocycles. The third kappa shape index (κ3) is 5.80. The van der Waals surface area contributed by atoms with Crippen molar-refractivity contribution in [2.75, 3.05) is 26.3 Å². The SMILES string of the molecule is Cc1c(C(=O)N2CCOC[C@@H](Cc3ccc4ccoc4c3)C2)cccc1-c1ccc(OC(F)(F)F)cc1. The maximum atomic E-state index is 13.6.